The van der Waals surface area contributed by atoms with Crippen LogP contribution in [-0.4, -0.2) is 36.1 Å². The Labute approximate surface area is 109 Å². The summed E-state index contributed by atoms with van der Waals surface area (Å²) in [5.74, 6) is -4.90. The summed E-state index contributed by atoms with van der Waals surface area (Å²) in [5, 5.41) is 8.61. The molecule has 0 atom stereocenters. The average Bonchev–Trinajstić information content (AvgIpc) is 2.39. The second-order valence-electron chi connectivity index (χ2n) is 4.26. The van der Waals surface area contributed by atoms with Gasteiger partial charge in [-0.15, -0.1) is 0 Å². The lowest BCUT2D eigenvalue weighted by molar-refractivity contribution is 0.0791. The molecular weight excluding hydrogens is 259 g/mol. The van der Waals surface area contributed by atoms with Gasteiger partial charge in [0.1, 0.15) is 0 Å². The third-order valence-corrected chi connectivity index (χ3v) is 2.73. The third-order valence-electron chi connectivity index (χ3n) is 2.73. The molecule has 0 spiro atoms. The van der Waals surface area contributed by atoms with Gasteiger partial charge in [0, 0.05) is 25.8 Å². The second kappa shape index (κ2) is 7.13. The molecule has 0 heterocycles. The van der Waals surface area contributed by atoms with Crippen molar-refractivity contribution >= 4 is 5.91 Å². The number of halogens is 3. The van der Waals surface area contributed by atoms with Crippen molar-refractivity contribution in [1.29, 1.82) is 0 Å². The van der Waals surface area contributed by atoms with Gasteiger partial charge in [-0.05, 0) is 31.4 Å². The maximum Gasteiger partial charge on any atom is 0.253 e. The topological polar surface area (TPSA) is 40.5 Å². The fraction of sp³-hybridized carbons (Fsp3) is 0.462. The first-order valence-electron chi connectivity index (χ1n) is 5.98. The molecule has 106 valence electrons. The maximum absolute atomic E-state index is 13.0. The number of aliphatic hydroxyl groups excluding tert-OH is 1. The van der Waals surface area contributed by atoms with E-state index in [1.165, 1.54) is 11.9 Å². The zero-order chi connectivity index (χ0) is 14.4. The van der Waals surface area contributed by atoms with Gasteiger partial charge in [0.2, 0.25) is 0 Å². The SMILES string of the molecule is CN(CCCCCO)C(=O)c1cc(F)c(F)c(F)c1. The molecule has 0 bridgehead atoms. The van der Waals surface area contributed by atoms with Crippen molar-refractivity contribution in [2.75, 3.05) is 20.2 Å². The van der Waals surface area contributed by atoms with Crippen molar-refractivity contribution < 1.29 is 23.1 Å². The van der Waals surface area contributed by atoms with Gasteiger partial charge in [-0.2, -0.15) is 0 Å². The molecule has 1 amide bonds. The Morgan fingerprint density at radius 1 is 1.16 bits per heavy atom. The summed E-state index contributed by atoms with van der Waals surface area (Å²) in [6.07, 6.45) is 2.07. The van der Waals surface area contributed by atoms with Crippen LogP contribution in [0.5, 0.6) is 0 Å². The first kappa shape index (κ1) is 15.5. The van der Waals surface area contributed by atoms with E-state index in [2.05, 4.69) is 0 Å². The van der Waals surface area contributed by atoms with E-state index in [9.17, 15) is 18.0 Å². The summed E-state index contributed by atoms with van der Waals surface area (Å²) < 4.78 is 38.8. The van der Waals surface area contributed by atoms with E-state index >= 15 is 0 Å². The number of carbonyl (C=O) groups is 1. The van der Waals surface area contributed by atoms with Gasteiger partial charge >= 0.3 is 0 Å². The van der Waals surface area contributed by atoms with E-state index in [0.29, 0.717) is 31.5 Å². The van der Waals surface area contributed by atoms with Crippen molar-refractivity contribution in [2.45, 2.75) is 19.3 Å². The van der Waals surface area contributed by atoms with Gasteiger partial charge in [0.25, 0.3) is 5.91 Å². The lowest BCUT2D eigenvalue weighted by atomic mass is 10.1. The Kier molecular flexibility index (Phi) is 5.82. The first-order valence-corrected chi connectivity index (χ1v) is 5.98. The lowest BCUT2D eigenvalue weighted by Crippen LogP contribution is -2.28. The largest absolute Gasteiger partial charge is 0.396 e. The van der Waals surface area contributed by atoms with Crippen molar-refractivity contribution in [2.24, 2.45) is 0 Å². The minimum atomic E-state index is -1.58. The quantitative estimate of drug-likeness (QED) is 0.639. The summed E-state index contributed by atoms with van der Waals surface area (Å²) in [5.41, 5.74) is -0.221. The van der Waals surface area contributed by atoms with Crippen LogP contribution < -0.4 is 0 Å². The van der Waals surface area contributed by atoms with Crippen molar-refractivity contribution in [3.63, 3.8) is 0 Å². The van der Waals surface area contributed by atoms with E-state index in [1.54, 1.807) is 0 Å². The molecule has 1 aromatic carbocycles. The Balaban J connectivity index is 2.66. The van der Waals surface area contributed by atoms with E-state index in [-0.39, 0.29) is 12.2 Å². The fourth-order valence-electron chi connectivity index (χ4n) is 1.64. The van der Waals surface area contributed by atoms with Gasteiger partial charge in [-0.1, -0.05) is 0 Å². The number of carbonyl (C=O) groups excluding carboxylic acids is 1. The molecule has 0 saturated carbocycles. The first-order chi connectivity index (χ1) is 8.97. The van der Waals surface area contributed by atoms with E-state index in [4.69, 9.17) is 5.11 Å². The number of amides is 1. The predicted molar refractivity (Wildman–Crippen MR) is 64.2 cm³/mol. The van der Waals surface area contributed by atoms with Crippen molar-refractivity contribution in [1.82, 2.24) is 4.90 Å². The van der Waals surface area contributed by atoms with Gasteiger partial charge in [-0.25, -0.2) is 13.2 Å². The highest BCUT2D eigenvalue weighted by molar-refractivity contribution is 5.94. The number of benzene rings is 1. The number of nitrogens with zero attached hydrogens (tertiary/aromatic N) is 1. The van der Waals surface area contributed by atoms with E-state index < -0.39 is 23.4 Å². The predicted octanol–water partition coefficient (Wildman–Crippen LogP) is 2.34. The number of hydrogen-bond donors (Lipinski definition) is 1. The van der Waals surface area contributed by atoms with E-state index in [1.807, 2.05) is 0 Å². The Hall–Kier alpha value is -1.56. The molecule has 0 fully saturated rings. The summed E-state index contributed by atoms with van der Waals surface area (Å²) in [6.45, 7) is 0.492. The summed E-state index contributed by atoms with van der Waals surface area (Å²) in [7, 11) is 1.50. The normalized spacial score (nSPS) is 10.6. The van der Waals surface area contributed by atoms with Gasteiger partial charge in [-0.3, -0.25) is 4.79 Å². The van der Waals surface area contributed by atoms with Crippen LogP contribution in [0.1, 0.15) is 29.6 Å². The number of aliphatic hydroxyl groups is 1. The van der Waals surface area contributed by atoms with Crippen molar-refractivity contribution in [3.05, 3.63) is 35.1 Å². The number of hydrogen-bond acceptors (Lipinski definition) is 2. The van der Waals surface area contributed by atoms with Crippen molar-refractivity contribution in [3.8, 4) is 0 Å². The molecular formula is C13H16F3NO2. The Morgan fingerprint density at radius 2 is 1.74 bits per heavy atom. The van der Waals surface area contributed by atoms with Gasteiger partial charge < -0.3 is 10.0 Å². The molecule has 19 heavy (non-hydrogen) atoms. The Bertz CT molecular complexity index is 429. The number of rotatable bonds is 6. The Morgan fingerprint density at radius 3 is 2.26 bits per heavy atom. The minimum absolute atomic E-state index is 0.0893. The van der Waals surface area contributed by atoms with Crippen LogP contribution in [0.3, 0.4) is 0 Å². The highest BCUT2D eigenvalue weighted by atomic mass is 19.2. The zero-order valence-corrected chi connectivity index (χ0v) is 10.6. The van der Waals surface area contributed by atoms with Crippen LogP contribution in [0.2, 0.25) is 0 Å². The van der Waals surface area contributed by atoms with Gasteiger partial charge in [0.05, 0.1) is 0 Å². The molecule has 1 N–H and O–H groups in total. The van der Waals surface area contributed by atoms with E-state index in [0.717, 1.165) is 6.42 Å². The fourth-order valence-corrected chi connectivity index (χ4v) is 1.64. The van der Waals surface area contributed by atoms with Crippen LogP contribution >= 0.6 is 0 Å². The lowest BCUT2D eigenvalue weighted by Gasteiger charge is -2.17. The second-order valence-corrected chi connectivity index (χ2v) is 4.26. The average molecular weight is 275 g/mol. The minimum Gasteiger partial charge on any atom is -0.396 e. The molecule has 0 saturated heterocycles. The zero-order valence-electron chi connectivity index (χ0n) is 10.6. The molecule has 0 aliphatic heterocycles. The molecule has 1 aromatic rings. The molecule has 0 aliphatic rings. The third kappa shape index (κ3) is 4.24. The summed E-state index contributed by atoms with van der Waals surface area (Å²) >= 11 is 0. The molecule has 0 unspecified atom stereocenters. The van der Waals surface area contributed by atoms with Gasteiger partial charge in [0.15, 0.2) is 17.5 Å². The monoisotopic (exact) mass is 275 g/mol. The molecule has 3 nitrogen and oxygen atoms in total. The van der Waals surface area contributed by atoms with Crippen LogP contribution in [0.25, 0.3) is 0 Å². The molecule has 6 heteroatoms. The summed E-state index contributed by atoms with van der Waals surface area (Å²) in [4.78, 5) is 13.2. The molecule has 0 aliphatic carbocycles. The van der Waals surface area contributed by atoms with Crippen LogP contribution in [0.4, 0.5) is 13.2 Å². The summed E-state index contributed by atoms with van der Waals surface area (Å²) in [6, 6.07) is 1.37. The molecule has 0 radical (unpaired) electrons. The molecule has 0 aromatic heterocycles. The standard InChI is InChI=1S/C13H16F3NO2/c1-17(5-3-2-4-6-18)13(19)9-7-10(14)12(16)11(15)8-9/h7-8,18H,2-6H2,1H3. The van der Waals surface area contributed by atoms with Crippen LogP contribution in [-0.2, 0) is 0 Å². The highest BCUT2D eigenvalue weighted by Gasteiger charge is 2.17. The highest BCUT2D eigenvalue weighted by Crippen LogP contribution is 2.15. The number of unbranched alkanes of at least 4 members (excludes halogenated alkanes) is 2. The van der Waals surface area contributed by atoms with Crippen LogP contribution in [0, 0.1) is 17.5 Å². The smallest absolute Gasteiger partial charge is 0.253 e. The molecule has 1 rings (SSSR count). The maximum atomic E-state index is 13.0. The van der Waals surface area contributed by atoms with Crippen LogP contribution in [0.15, 0.2) is 12.1 Å².